The van der Waals surface area contributed by atoms with E-state index in [0.29, 0.717) is 12.4 Å². The zero-order valence-corrected chi connectivity index (χ0v) is 13.3. The molecular weight excluding hydrogens is 264 g/mol. The van der Waals surface area contributed by atoms with Gasteiger partial charge in [0.1, 0.15) is 5.69 Å². The third-order valence-corrected chi connectivity index (χ3v) is 2.72. The van der Waals surface area contributed by atoms with Crippen LogP contribution in [-0.4, -0.2) is 21.6 Å². The number of rotatable bonds is 5. The van der Waals surface area contributed by atoms with E-state index in [1.807, 2.05) is 52.0 Å². The second-order valence-corrected chi connectivity index (χ2v) is 4.46. The Balaban J connectivity index is 0.00000106. The van der Waals surface area contributed by atoms with Crippen molar-refractivity contribution in [2.24, 2.45) is 5.90 Å². The fourth-order valence-corrected chi connectivity index (χ4v) is 1.88. The molecule has 0 saturated heterocycles. The first-order chi connectivity index (χ1) is 10.2. The van der Waals surface area contributed by atoms with Crippen molar-refractivity contribution >= 4 is 0 Å². The highest BCUT2D eigenvalue weighted by Crippen LogP contribution is 2.14. The Bertz CT molecular complexity index is 558. The number of nitrogens with two attached hydrogens (primary N) is 1. The van der Waals surface area contributed by atoms with Gasteiger partial charge in [-0.25, -0.2) is 20.8 Å². The molecule has 2 aromatic rings. The van der Waals surface area contributed by atoms with Gasteiger partial charge in [-0.15, -0.1) is 0 Å². The third-order valence-electron chi connectivity index (χ3n) is 2.72. The number of pyridine rings is 1. The van der Waals surface area contributed by atoms with Crippen LogP contribution in [0, 0.1) is 13.8 Å². The molecule has 0 aromatic carbocycles. The summed E-state index contributed by atoms with van der Waals surface area (Å²) >= 11 is 0. The number of nitrogens with zero attached hydrogens (tertiary/aromatic N) is 3. The van der Waals surface area contributed by atoms with E-state index in [1.54, 1.807) is 0 Å². The fraction of sp³-hybridized carbons (Fsp3) is 0.438. The van der Waals surface area contributed by atoms with E-state index in [2.05, 4.69) is 19.8 Å². The lowest BCUT2D eigenvalue weighted by Crippen LogP contribution is -2.04. The third kappa shape index (κ3) is 5.57. The van der Waals surface area contributed by atoms with Gasteiger partial charge in [-0.05, 0) is 44.9 Å². The summed E-state index contributed by atoms with van der Waals surface area (Å²) in [6.45, 7) is 8.45. The van der Waals surface area contributed by atoms with E-state index < -0.39 is 0 Å². The Morgan fingerprint density at radius 3 is 2.48 bits per heavy atom. The Morgan fingerprint density at radius 1 is 1.05 bits per heavy atom. The van der Waals surface area contributed by atoms with Gasteiger partial charge in [0, 0.05) is 17.1 Å². The van der Waals surface area contributed by atoms with Crippen LogP contribution in [0.4, 0.5) is 0 Å². The van der Waals surface area contributed by atoms with Crippen molar-refractivity contribution in [3.8, 4) is 11.5 Å². The molecule has 0 aliphatic heterocycles. The zero-order valence-electron chi connectivity index (χ0n) is 13.3. The Morgan fingerprint density at radius 2 is 1.81 bits per heavy atom. The predicted molar refractivity (Wildman–Crippen MR) is 84.5 cm³/mol. The molecule has 0 bridgehead atoms. The van der Waals surface area contributed by atoms with Crippen LogP contribution in [0.15, 0.2) is 24.3 Å². The summed E-state index contributed by atoms with van der Waals surface area (Å²) in [5, 5.41) is 0. The highest BCUT2D eigenvalue weighted by Gasteiger charge is 2.06. The standard InChI is InChI=1S/C14H18N4O.C2H6/c1-10-5-3-7-13(16-10)14-17-11(2)9-12(18-14)6-4-8-19-15;1-2/h3,5,7,9H,4,6,8,15H2,1-2H3;1-2H3. The topological polar surface area (TPSA) is 73.9 Å². The van der Waals surface area contributed by atoms with E-state index in [9.17, 15) is 0 Å². The molecule has 5 heteroatoms. The van der Waals surface area contributed by atoms with Gasteiger partial charge in [0.2, 0.25) is 0 Å². The summed E-state index contributed by atoms with van der Waals surface area (Å²) in [6, 6.07) is 7.83. The van der Waals surface area contributed by atoms with Gasteiger partial charge in [0.15, 0.2) is 5.82 Å². The van der Waals surface area contributed by atoms with Crippen molar-refractivity contribution in [2.45, 2.75) is 40.5 Å². The van der Waals surface area contributed by atoms with Crippen molar-refractivity contribution in [1.29, 1.82) is 0 Å². The van der Waals surface area contributed by atoms with Gasteiger partial charge in [-0.1, -0.05) is 19.9 Å². The molecule has 0 unspecified atom stereocenters. The molecule has 2 N–H and O–H groups in total. The lowest BCUT2D eigenvalue weighted by atomic mass is 10.2. The first kappa shape index (κ1) is 17.2. The van der Waals surface area contributed by atoms with Crippen molar-refractivity contribution < 1.29 is 4.84 Å². The van der Waals surface area contributed by atoms with E-state index >= 15 is 0 Å². The second-order valence-electron chi connectivity index (χ2n) is 4.46. The molecule has 2 rings (SSSR count). The zero-order chi connectivity index (χ0) is 15.7. The first-order valence-electron chi connectivity index (χ1n) is 7.29. The fourth-order valence-electron chi connectivity index (χ4n) is 1.88. The Hall–Kier alpha value is -1.85. The number of hydrogen-bond acceptors (Lipinski definition) is 5. The lowest BCUT2D eigenvalue weighted by molar-refractivity contribution is 0.135. The molecule has 0 atom stereocenters. The Kier molecular flexibility index (Phi) is 7.50. The van der Waals surface area contributed by atoms with Gasteiger partial charge < -0.3 is 4.84 Å². The molecule has 0 saturated carbocycles. The summed E-state index contributed by atoms with van der Waals surface area (Å²) < 4.78 is 0. The van der Waals surface area contributed by atoms with Crippen LogP contribution in [0.5, 0.6) is 0 Å². The molecule has 0 spiro atoms. The summed E-state index contributed by atoms with van der Waals surface area (Å²) in [7, 11) is 0. The Labute approximate surface area is 126 Å². The first-order valence-corrected chi connectivity index (χ1v) is 7.29. The molecule has 0 fully saturated rings. The summed E-state index contributed by atoms with van der Waals surface area (Å²) in [6.07, 6.45) is 1.66. The van der Waals surface area contributed by atoms with Crippen molar-refractivity contribution in [1.82, 2.24) is 15.0 Å². The molecule has 21 heavy (non-hydrogen) atoms. The minimum absolute atomic E-state index is 0.529. The molecule has 114 valence electrons. The van der Waals surface area contributed by atoms with Crippen LogP contribution in [0.25, 0.3) is 11.5 Å². The van der Waals surface area contributed by atoms with Crippen LogP contribution < -0.4 is 5.90 Å². The lowest BCUT2D eigenvalue weighted by Gasteiger charge is -2.06. The van der Waals surface area contributed by atoms with Crippen molar-refractivity contribution in [3.63, 3.8) is 0 Å². The van der Waals surface area contributed by atoms with E-state index in [1.165, 1.54) is 0 Å². The smallest absolute Gasteiger partial charge is 0.178 e. The normalized spacial score (nSPS) is 9.95. The van der Waals surface area contributed by atoms with Gasteiger partial charge >= 0.3 is 0 Å². The predicted octanol–water partition coefficient (Wildman–Crippen LogP) is 3.00. The highest BCUT2D eigenvalue weighted by atomic mass is 16.6. The van der Waals surface area contributed by atoms with E-state index in [0.717, 1.165) is 35.6 Å². The van der Waals surface area contributed by atoms with Gasteiger partial charge in [0.05, 0.1) is 6.61 Å². The average molecular weight is 288 g/mol. The average Bonchev–Trinajstić information content (AvgIpc) is 2.49. The molecule has 5 nitrogen and oxygen atoms in total. The molecule has 0 aliphatic carbocycles. The van der Waals surface area contributed by atoms with Crippen LogP contribution in [-0.2, 0) is 11.3 Å². The van der Waals surface area contributed by atoms with Crippen molar-refractivity contribution in [3.05, 3.63) is 41.3 Å². The summed E-state index contributed by atoms with van der Waals surface area (Å²) in [4.78, 5) is 18.0. The quantitative estimate of drug-likeness (QED) is 0.676. The van der Waals surface area contributed by atoms with Crippen molar-refractivity contribution in [2.75, 3.05) is 6.61 Å². The molecule has 0 amide bonds. The maximum Gasteiger partial charge on any atom is 0.178 e. The largest absolute Gasteiger partial charge is 0.305 e. The second kappa shape index (κ2) is 9.15. The monoisotopic (exact) mass is 288 g/mol. The number of hydrogen-bond donors (Lipinski definition) is 1. The van der Waals surface area contributed by atoms with Gasteiger partial charge in [-0.3, -0.25) is 0 Å². The number of aromatic nitrogens is 3. The maximum atomic E-state index is 5.02. The summed E-state index contributed by atoms with van der Waals surface area (Å²) in [5.74, 6) is 5.69. The maximum absolute atomic E-state index is 5.02. The molecule has 2 aromatic heterocycles. The van der Waals surface area contributed by atoms with Crippen LogP contribution in [0.2, 0.25) is 0 Å². The SMILES string of the molecule is CC.Cc1cccc(-c2nc(C)cc(CCCON)n2)n1. The van der Waals surface area contributed by atoms with E-state index in [4.69, 9.17) is 5.90 Å². The minimum atomic E-state index is 0.529. The minimum Gasteiger partial charge on any atom is -0.305 e. The van der Waals surface area contributed by atoms with Gasteiger partial charge in [-0.2, -0.15) is 0 Å². The molecule has 2 heterocycles. The van der Waals surface area contributed by atoms with Crippen LogP contribution in [0.3, 0.4) is 0 Å². The van der Waals surface area contributed by atoms with Gasteiger partial charge in [0.25, 0.3) is 0 Å². The van der Waals surface area contributed by atoms with E-state index in [-0.39, 0.29) is 0 Å². The van der Waals surface area contributed by atoms with Crippen LogP contribution >= 0.6 is 0 Å². The summed E-state index contributed by atoms with van der Waals surface area (Å²) in [5.41, 5.74) is 3.69. The molecular formula is C16H24N4O. The molecule has 0 aliphatic rings. The highest BCUT2D eigenvalue weighted by molar-refractivity contribution is 5.49. The molecule has 0 radical (unpaired) electrons. The van der Waals surface area contributed by atoms with Crippen LogP contribution in [0.1, 0.15) is 37.4 Å². The number of aryl methyl sites for hydroxylation is 3.